The highest BCUT2D eigenvalue weighted by atomic mass is 35.5. The molecule has 0 amide bonds. The molecule has 1 atom stereocenters. The second-order valence-corrected chi connectivity index (χ2v) is 10.3. The normalized spacial score (nSPS) is 13.2. The molecule has 0 aliphatic carbocycles. The number of nitrogens with zero attached hydrogens (tertiary/aromatic N) is 2. The summed E-state index contributed by atoms with van der Waals surface area (Å²) in [7, 11) is 0.0795. The quantitative estimate of drug-likeness (QED) is 0.369. The molecular formula is C24H23ClN3O3P. The highest BCUT2D eigenvalue weighted by molar-refractivity contribution is 7.56. The SMILES string of the molecule is COP(=O)(Cc1ccc(-c2nc3cc(Cl)ccc3c(=O)n2C)cc1)NCc1ccccc1. The fraction of sp³-hybridized carbons (Fsp3) is 0.167. The van der Waals surface area contributed by atoms with Gasteiger partial charge in [0.1, 0.15) is 5.82 Å². The first-order valence-electron chi connectivity index (χ1n) is 10.1. The van der Waals surface area contributed by atoms with Gasteiger partial charge in [0.2, 0.25) is 0 Å². The second kappa shape index (κ2) is 9.39. The fourth-order valence-corrected chi connectivity index (χ4v) is 5.15. The third kappa shape index (κ3) is 4.84. The largest absolute Gasteiger partial charge is 0.321 e. The Hall–Kier alpha value is -2.76. The van der Waals surface area contributed by atoms with Crippen LogP contribution in [0.15, 0.2) is 77.6 Å². The molecule has 1 unspecified atom stereocenters. The van der Waals surface area contributed by atoms with Crippen molar-refractivity contribution in [1.82, 2.24) is 14.6 Å². The summed E-state index contributed by atoms with van der Waals surface area (Å²) in [5.41, 5.74) is 3.07. The molecule has 1 N–H and O–H groups in total. The van der Waals surface area contributed by atoms with Gasteiger partial charge in [-0.2, -0.15) is 0 Å². The third-order valence-electron chi connectivity index (χ3n) is 5.30. The molecule has 1 heterocycles. The first-order chi connectivity index (χ1) is 15.4. The number of rotatable bonds is 7. The van der Waals surface area contributed by atoms with Gasteiger partial charge in [-0.15, -0.1) is 0 Å². The van der Waals surface area contributed by atoms with E-state index in [2.05, 4.69) is 10.1 Å². The first kappa shape index (κ1) is 22.4. The number of benzene rings is 3. The predicted octanol–water partition coefficient (Wildman–Crippen LogP) is 5.38. The molecular weight excluding hydrogens is 445 g/mol. The lowest BCUT2D eigenvalue weighted by Gasteiger charge is -2.18. The topological polar surface area (TPSA) is 73.2 Å². The Morgan fingerprint density at radius 1 is 1.03 bits per heavy atom. The van der Waals surface area contributed by atoms with Gasteiger partial charge in [0.15, 0.2) is 0 Å². The van der Waals surface area contributed by atoms with Gasteiger partial charge in [0.05, 0.1) is 17.1 Å². The van der Waals surface area contributed by atoms with Gasteiger partial charge in [-0.3, -0.25) is 13.9 Å². The van der Waals surface area contributed by atoms with Crippen molar-refractivity contribution >= 4 is 30.0 Å². The van der Waals surface area contributed by atoms with Crippen LogP contribution < -0.4 is 10.6 Å². The van der Waals surface area contributed by atoms with Crippen LogP contribution in [0.25, 0.3) is 22.3 Å². The summed E-state index contributed by atoms with van der Waals surface area (Å²) >= 11 is 6.08. The number of halogens is 1. The second-order valence-electron chi connectivity index (χ2n) is 7.49. The molecule has 4 rings (SSSR count). The first-order valence-corrected chi connectivity index (χ1v) is 12.3. The van der Waals surface area contributed by atoms with Crippen molar-refractivity contribution < 1.29 is 9.09 Å². The fourth-order valence-electron chi connectivity index (χ4n) is 3.49. The molecule has 0 radical (unpaired) electrons. The van der Waals surface area contributed by atoms with Crippen LogP contribution in [0, 0.1) is 0 Å². The average molecular weight is 468 g/mol. The Bertz CT molecular complexity index is 1360. The number of nitrogens with one attached hydrogen (secondary N) is 1. The van der Waals surface area contributed by atoms with Crippen LogP contribution in [0.3, 0.4) is 0 Å². The smallest absolute Gasteiger partial charge is 0.274 e. The standard InChI is InChI=1S/C24H23ClN3O3P/c1-28-23(27-22-14-20(25)12-13-21(22)24(28)29)19-10-8-18(9-11-19)16-32(30,31-2)26-15-17-6-4-3-5-7-17/h3-14H,15-16H2,1-2H3,(H,26,30). The van der Waals surface area contributed by atoms with Crippen molar-refractivity contribution in [2.75, 3.05) is 7.11 Å². The molecule has 32 heavy (non-hydrogen) atoms. The maximum absolute atomic E-state index is 13.2. The van der Waals surface area contributed by atoms with Crippen LogP contribution in [0.1, 0.15) is 11.1 Å². The van der Waals surface area contributed by atoms with Crippen molar-refractivity contribution in [2.45, 2.75) is 12.7 Å². The van der Waals surface area contributed by atoms with E-state index < -0.39 is 7.52 Å². The van der Waals surface area contributed by atoms with Crippen molar-refractivity contribution in [1.29, 1.82) is 0 Å². The van der Waals surface area contributed by atoms with Crippen LogP contribution in [-0.4, -0.2) is 16.7 Å². The lowest BCUT2D eigenvalue weighted by molar-refractivity contribution is 0.380. The molecule has 1 aromatic heterocycles. The van der Waals surface area contributed by atoms with E-state index in [1.54, 1.807) is 25.2 Å². The number of aromatic nitrogens is 2. The zero-order valence-electron chi connectivity index (χ0n) is 17.8. The van der Waals surface area contributed by atoms with E-state index in [1.165, 1.54) is 11.7 Å². The van der Waals surface area contributed by atoms with Crippen LogP contribution in [0.5, 0.6) is 0 Å². The molecule has 3 aromatic carbocycles. The molecule has 0 spiro atoms. The van der Waals surface area contributed by atoms with E-state index in [9.17, 15) is 9.36 Å². The highest BCUT2D eigenvalue weighted by Crippen LogP contribution is 2.45. The van der Waals surface area contributed by atoms with Crippen LogP contribution >= 0.6 is 19.1 Å². The van der Waals surface area contributed by atoms with E-state index in [0.717, 1.165) is 16.7 Å². The summed E-state index contributed by atoms with van der Waals surface area (Å²) in [6.07, 6.45) is 0.246. The summed E-state index contributed by atoms with van der Waals surface area (Å²) < 4.78 is 20.0. The van der Waals surface area contributed by atoms with Crippen LogP contribution in [0.2, 0.25) is 5.02 Å². The number of hydrogen-bond donors (Lipinski definition) is 1. The Kier molecular flexibility index (Phi) is 6.58. The molecule has 4 aromatic rings. The van der Waals surface area contributed by atoms with Crippen molar-refractivity contribution in [2.24, 2.45) is 7.05 Å². The molecule has 164 valence electrons. The maximum Gasteiger partial charge on any atom is 0.274 e. The van der Waals surface area contributed by atoms with Gasteiger partial charge in [-0.1, -0.05) is 66.2 Å². The molecule has 0 aliphatic rings. The minimum atomic E-state index is -3.07. The van der Waals surface area contributed by atoms with Gasteiger partial charge in [-0.05, 0) is 29.3 Å². The Balaban J connectivity index is 1.57. The maximum atomic E-state index is 13.2. The van der Waals surface area contributed by atoms with E-state index in [-0.39, 0.29) is 11.7 Å². The van der Waals surface area contributed by atoms with Gasteiger partial charge in [0, 0.05) is 31.3 Å². The summed E-state index contributed by atoms with van der Waals surface area (Å²) in [5.74, 6) is 0.536. The van der Waals surface area contributed by atoms with Crippen molar-refractivity contribution in [3.63, 3.8) is 0 Å². The van der Waals surface area contributed by atoms with E-state index in [4.69, 9.17) is 16.1 Å². The number of hydrogen-bond acceptors (Lipinski definition) is 4. The Morgan fingerprint density at radius 3 is 2.44 bits per heavy atom. The molecule has 0 bridgehead atoms. The zero-order valence-corrected chi connectivity index (χ0v) is 19.4. The molecule has 8 heteroatoms. The van der Waals surface area contributed by atoms with Crippen molar-refractivity contribution in [3.8, 4) is 11.4 Å². The minimum Gasteiger partial charge on any atom is -0.321 e. The zero-order chi connectivity index (χ0) is 22.7. The Labute approximate surface area is 191 Å². The lowest BCUT2D eigenvalue weighted by Crippen LogP contribution is -2.20. The average Bonchev–Trinajstić information content (AvgIpc) is 2.81. The predicted molar refractivity (Wildman–Crippen MR) is 129 cm³/mol. The third-order valence-corrected chi connectivity index (χ3v) is 7.55. The molecule has 0 saturated heterocycles. The van der Waals surface area contributed by atoms with Crippen LogP contribution in [-0.2, 0) is 28.8 Å². The highest BCUT2D eigenvalue weighted by Gasteiger charge is 2.22. The summed E-state index contributed by atoms with van der Waals surface area (Å²) in [6, 6.07) is 22.3. The van der Waals surface area contributed by atoms with Crippen molar-refractivity contribution in [3.05, 3.63) is 99.3 Å². The van der Waals surface area contributed by atoms with E-state index in [1.807, 2.05) is 54.6 Å². The molecule has 0 fully saturated rings. The Morgan fingerprint density at radius 2 is 1.75 bits per heavy atom. The lowest BCUT2D eigenvalue weighted by atomic mass is 10.1. The monoisotopic (exact) mass is 467 g/mol. The van der Waals surface area contributed by atoms with Crippen LogP contribution in [0.4, 0.5) is 0 Å². The molecule has 0 saturated carbocycles. The van der Waals surface area contributed by atoms with E-state index >= 15 is 0 Å². The molecule has 0 aliphatic heterocycles. The number of fused-ring (bicyclic) bond motifs is 1. The van der Waals surface area contributed by atoms with E-state index in [0.29, 0.717) is 28.3 Å². The summed E-state index contributed by atoms with van der Waals surface area (Å²) in [4.78, 5) is 17.4. The minimum absolute atomic E-state index is 0.139. The van der Waals surface area contributed by atoms with Gasteiger partial charge in [-0.25, -0.2) is 10.1 Å². The van der Waals surface area contributed by atoms with Gasteiger partial charge < -0.3 is 4.52 Å². The summed E-state index contributed by atoms with van der Waals surface area (Å²) in [6.45, 7) is 0.454. The van der Waals surface area contributed by atoms with Gasteiger partial charge >= 0.3 is 0 Å². The summed E-state index contributed by atoms with van der Waals surface area (Å²) in [5, 5.41) is 4.10. The van der Waals surface area contributed by atoms with Gasteiger partial charge in [0.25, 0.3) is 13.1 Å². The molecule has 6 nitrogen and oxygen atoms in total.